The van der Waals surface area contributed by atoms with Crippen molar-refractivity contribution in [3.63, 3.8) is 0 Å². The molecule has 1 aliphatic heterocycles. The van der Waals surface area contributed by atoms with E-state index in [9.17, 15) is 0 Å². The summed E-state index contributed by atoms with van der Waals surface area (Å²) in [6, 6.07) is 28.9. The van der Waals surface area contributed by atoms with Crippen molar-refractivity contribution in [2.24, 2.45) is 0 Å². The number of hydrogen-bond acceptors (Lipinski definition) is 3. The van der Waals surface area contributed by atoms with E-state index < -0.39 is 0 Å². The van der Waals surface area contributed by atoms with Gasteiger partial charge >= 0.3 is 0 Å². The highest BCUT2D eigenvalue weighted by molar-refractivity contribution is 5.64. The smallest absolute Gasteiger partial charge is 0.182 e. The Balaban J connectivity index is 1.64. The molecule has 0 aliphatic carbocycles. The fourth-order valence-electron chi connectivity index (χ4n) is 3.69. The van der Waals surface area contributed by atoms with Crippen LogP contribution in [0.3, 0.4) is 0 Å². The van der Waals surface area contributed by atoms with Crippen LogP contribution in [0.5, 0.6) is 0 Å². The van der Waals surface area contributed by atoms with Gasteiger partial charge in [-0.25, -0.2) is 9.67 Å². The minimum atomic E-state index is 0.460. The van der Waals surface area contributed by atoms with E-state index in [1.165, 1.54) is 5.56 Å². The van der Waals surface area contributed by atoms with Gasteiger partial charge in [0.15, 0.2) is 11.6 Å². The molecular formula is C24H21N3O. The molecule has 0 amide bonds. The minimum Gasteiger partial charge on any atom is -0.381 e. The van der Waals surface area contributed by atoms with Gasteiger partial charge < -0.3 is 4.74 Å². The molecule has 4 aromatic rings. The van der Waals surface area contributed by atoms with E-state index in [-0.39, 0.29) is 0 Å². The third kappa shape index (κ3) is 3.23. The van der Waals surface area contributed by atoms with Crippen molar-refractivity contribution in [1.82, 2.24) is 14.8 Å². The van der Waals surface area contributed by atoms with Gasteiger partial charge in [0.25, 0.3) is 0 Å². The SMILES string of the molecule is c1ccc(-c2nc(-c3cccc(C4CCOC4)c3)n(-c3ccccc3)n2)cc1. The van der Waals surface area contributed by atoms with Crippen LogP contribution in [0, 0.1) is 0 Å². The molecule has 0 N–H and O–H groups in total. The quantitative estimate of drug-likeness (QED) is 0.503. The average Bonchev–Trinajstić information content (AvgIpc) is 3.46. The van der Waals surface area contributed by atoms with Gasteiger partial charge in [0.1, 0.15) is 0 Å². The maximum Gasteiger partial charge on any atom is 0.182 e. The van der Waals surface area contributed by atoms with E-state index in [1.807, 2.05) is 53.2 Å². The summed E-state index contributed by atoms with van der Waals surface area (Å²) in [4.78, 5) is 4.92. The topological polar surface area (TPSA) is 39.9 Å². The van der Waals surface area contributed by atoms with E-state index in [0.717, 1.165) is 48.1 Å². The lowest BCUT2D eigenvalue weighted by Gasteiger charge is -2.11. The second kappa shape index (κ2) is 7.41. The lowest BCUT2D eigenvalue weighted by molar-refractivity contribution is 0.194. The molecule has 0 spiro atoms. The number of benzene rings is 3. The lowest BCUT2D eigenvalue weighted by Crippen LogP contribution is -2.01. The summed E-state index contributed by atoms with van der Waals surface area (Å²) in [5.74, 6) is 2.04. The monoisotopic (exact) mass is 367 g/mol. The zero-order valence-electron chi connectivity index (χ0n) is 15.5. The second-order valence-corrected chi connectivity index (χ2v) is 7.06. The van der Waals surface area contributed by atoms with Crippen molar-refractivity contribution in [1.29, 1.82) is 0 Å². The van der Waals surface area contributed by atoms with Crippen molar-refractivity contribution in [2.45, 2.75) is 12.3 Å². The van der Waals surface area contributed by atoms with Crippen LogP contribution in [0.1, 0.15) is 17.9 Å². The molecular weight excluding hydrogens is 346 g/mol. The first-order chi connectivity index (χ1) is 13.9. The van der Waals surface area contributed by atoms with Crippen LogP contribution in [-0.2, 0) is 4.74 Å². The van der Waals surface area contributed by atoms with Crippen LogP contribution in [0.4, 0.5) is 0 Å². The van der Waals surface area contributed by atoms with E-state index >= 15 is 0 Å². The van der Waals surface area contributed by atoms with Crippen molar-refractivity contribution < 1.29 is 4.74 Å². The number of para-hydroxylation sites is 1. The summed E-state index contributed by atoms with van der Waals surface area (Å²) in [5.41, 5.74) is 4.39. The Morgan fingerprint density at radius 2 is 1.57 bits per heavy atom. The number of ether oxygens (including phenoxy) is 1. The molecule has 4 nitrogen and oxygen atoms in total. The molecule has 3 aromatic carbocycles. The van der Waals surface area contributed by atoms with Gasteiger partial charge in [-0.2, -0.15) is 0 Å². The van der Waals surface area contributed by atoms with Gasteiger partial charge in [0.05, 0.1) is 12.3 Å². The Labute approximate surface area is 164 Å². The summed E-state index contributed by atoms with van der Waals surface area (Å²) in [7, 11) is 0. The summed E-state index contributed by atoms with van der Waals surface area (Å²) < 4.78 is 7.52. The number of rotatable bonds is 4. The molecule has 1 unspecified atom stereocenters. The number of aromatic nitrogens is 3. The number of nitrogens with zero attached hydrogens (tertiary/aromatic N) is 3. The number of hydrogen-bond donors (Lipinski definition) is 0. The maximum atomic E-state index is 5.58. The molecule has 1 aromatic heterocycles. The molecule has 138 valence electrons. The van der Waals surface area contributed by atoms with Gasteiger partial charge in [0.2, 0.25) is 0 Å². The molecule has 4 heteroatoms. The first-order valence-corrected chi connectivity index (χ1v) is 9.64. The summed E-state index contributed by atoms with van der Waals surface area (Å²) in [5, 5.41) is 4.84. The second-order valence-electron chi connectivity index (χ2n) is 7.06. The summed E-state index contributed by atoms with van der Waals surface area (Å²) in [6.45, 7) is 1.64. The van der Waals surface area contributed by atoms with E-state index in [4.69, 9.17) is 14.8 Å². The molecule has 0 radical (unpaired) electrons. The van der Waals surface area contributed by atoms with Gasteiger partial charge in [-0.05, 0) is 30.2 Å². The Morgan fingerprint density at radius 3 is 2.32 bits per heavy atom. The van der Waals surface area contributed by atoms with Crippen LogP contribution < -0.4 is 0 Å². The first-order valence-electron chi connectivity index (χ1n) is 9.64. The van der Waals surface area contributed by atoms with E-state index in [1.54, 1.807) is 0 Å². The predicted molar refractivity (Wildman–Crippen MR) is 110 cm³/mol. The van der Waals surface area contributed by atoms with E-state index in [2.05, 4.69) is 36.4 Å². The fraction of sp³-hybridized carbons (Fsp3) is 0.167. The van der Waals surface area contributed by atoms with Gasteiger partial charge in [-0.3, -0.25) is 0 Å². The molecule has 28 heavy (non-hydrogen) atoms. The maximum absolute atomic E-state index is 5.58. The Hall–Kier alpha value is -3.24. The van der Waals surface area contributed by atoms with Crippen molar-refractivity contribution in [3.05, 3.63) is 90.5 Å². The molecule has 5 rings (SSSR count). The molecule has 1 atom stereocenters. The first kappa shape index (κ1) is 16.9. The van der Waals surface area contributed by atoms with Crippen molar-refractivity contribution in [2.75, 3.05) is 13.2 Å². The third-order valence-electron chi connectivity index (χ3n) is 5.19. The average molecular weight is 367 g/mol. The standard InChI is InChI=1S/C24H21N3O/c1-3-8-18(9-4-1)23-25-24(27(26-23)22-12-5-2-6-13-22)20-11-7-10-19(16-20)21-14-15-28-17-21/h1-13,16,21H,14-15,17H2. The van der Waals surface area contributed by atoms with Crippen LogP contribution in [0.2, 0.25) is 0 Å². The van der Waals surface area contributed by atoms with Crippen LogP contribution >= 0.6 is 0 Å². The van der Waals surface area contributed by atoms with Crippen LogP contribution in [-0.4, -0.2) is 28.0 Å². The minimum absolute atomic E-state index is 0.460. The van der Waals surface area contributed by atoms with Crippen LogP contribution in [0.25, 0.3) is 28.5 Å². The lowest BCUT2D eigenvalue weighted by atomic mass is 9.96. The summed E-state index contributed by atoms with van der Waals surface area (Å²) in [6.07, 6.45) is 1.07. The molecule has 0 saturated carbocycles. The Morgan fingerprint density at radius 1 is 0.821 bits per heavy atom. The van der Waals surface area contributed by atoms with Crippen molar-refractivity contribution >= 4 is 0 Å². The molecule has 1 fully saturated rings. The zero-order valence-corrected chi connectivity index (χ0v) is 15.5. The highest BCUT2D eigenvalue weighted by Gasteiger charge is 2.20. The molecule has 2 heterocycles. The molecule has 0 bridgehead atoms. The van der Waals surface area contributed by atoms with Gasteiger partial charge in [-0.1, -0.05) is 66.7 Å². The zero-order chi connectivity index (χ0) is 18.8. The highest BCUT2D eigenvalue weighted by Crippen LogP contribution is 2.30. The predicted octanol–water partition coefficient (Wildman–Crippen LogP) is 5.11. The van der Waals surface area contributed by atoms with Crippen LogP contribution in [0.15, 0.2) is 84.9 Å². The fourth-order valence-corrected chi connectivity index (χ4v) is 3.69. The van der Waals surface area contributed by atoms with Gasteiger partial charge in [0, 0.05) is 23.7 Å². The van der Waals surface area contributed by atoms with E-state index in [0.29, 0.717) is 5.92 Å². The Kier molecular flexibility index (Phi) is 4.47. The third-order valence-corrected chi connectivity index (χ3v) is 5.19. The van der Waals surface area contributed by atoms with Crippen molar-refractivity contribution in [3.8, 4) is 28.5 Å². The molecule has 1 aliphatic rings. The highest BCUT2D eigenvalue weighted by atomic mass is 16.5. The van der Waals surface area contributed by atoms with Gasteiger partial charge in [-0.15, -0.1) is 5.10 Å². The largest absolute Gasteiger partial charge is 0.381 e. The molecule has 1 saturated heterocycles. The summed E-state index contributed by atoms with van der Waals surface area (Å²) >= 11 is 0. The Bertz CT molecular complexity index is 1070. The normalized spacial score (nSPS) is 16.4.